The SMILES string of the molecule is CCOCCN1C[C@H]2C[C@@H](C1)[C@H](C(=O)NCc1cn(C)nc1C)N1C(=O)CCC[C@@H]21. The monoisotopic (exact) mass is 417 g/mol. The van der Waals surface area contributed by atoms with Gasteiger partial charge in [-0.25, -0.2) is 0 Å². The summed E-state index contributed by atoms with van der Waals surface area (Å²) in [6, 6.07) is -0.181. The van der Waals surface area contributed by atoms with E-state index in [9.17, 15) is 9.59 Å². The van der Waals surface area contributed by atoms with Crippen LogP contribution in [0.5, 0.6) is 0 Å². The Morgan fingerprint density at radius 1 is 1.33 bits per heavy atom. The molecule has 166 valence electrons. The molecule has 1 N–H and O–H groups in total. The molecule has 3 aliphatic heterocycles. The van der Waals surface area contributed by atoms with Gasteiger partial charge in [0.15, 0.2) is 0 Å². The summed E-state index contributed by atoms with van der Waals surface area (Å²) in [6.07, 6.45) is 5.48. The second-order valence-electron chi connectivity index (χ2n) is 9.05. The van der Waals surface area contributed by atoms with Crippen LogP contribution in [0.15, 0.2) is 6.20 Å². The molecule has 3 saturated heterocycles. The van der Waals surface area contributed by atoms with Crippen LogP contribution in [0.2, 0.25) is 0 Å². The molecule has 3 fully saturated rings. The van der Waals surface area contributed by atoms with Gasteiger partial charge in [0.2, 0.25) is 11.8 Å². The normalized spacial score (nSPS) is 29.0. The number of hydrogen-bond acceptors (Lipinski definition) is 5. The molecule has 0 unspecified atom stereocenters. The van der Waals surface area contributed by atoms with Crippen molar-refractivity contribution in [1.29, 1.82) is 0 Å². The molecule has 1 aromatic heterocycles. The predicted molar refractivity (Wildman–Crippen MR) is 113 cm³/mol. The first-order valence-electron chi connectivity index (χ1n) is 11.4. The zero-order valence-corrected chi connectivity index (χ0v) is 18.5. The lowest BCUT2D eigenvalue weighted by atomic mass is 9.71. The highest BCUT2D eigenvalue weighted by Crippen LogP contribution is 2.41. The first-order chi connectivity index (χ1) is 14.5. The zero-order valence-electron chi connectivity index (χ0n) is 18.5. The maximum Gasteiger partial charge on any atom is 0.243 e. The van der Waals surface area contributed by atoms with Crippen LogP contribution in [0, 0.1) is 18.8 Å². The number of hydrogen-bond donors (Lipinski definition) is 1. The van der Waals surface area contributed by atoms with E-state index in [-0.39, 0.29) is 29.8 Å². The summed E-state index contributed by atoms with van der Waals surface area (Å²) in [5, 5.41) is 7.47. The molecule has 0 aromatic carbocycles. The Kier molecular flexibility index (Phi) is 6.43. The average Bonchev–Trinajstić information content (AvgIpc) is 3.04. The summed E-state index contributed by atoms with van der Waals surface area (Å²) in [7, 11) is 1.88. The molecular weight excluding hydrogens is 382 g/mol. The summed E-state index contributed by atoms with van der Waals surface area (Å²) in [5.41, 5.74) is 1.94. The fourth-order valence-corrected chi connectivity index (χ4v) is 5.72. The van der Waals surface area contributed by atoms with E-state index in [2.05, 4.69) is 15.3 Å². The quantitative estimate of drug-likeness (QED) is 0.672. The lowest BCUT2D eigenvalue weighted by Crippen LogP contribution is -2.68. The number of nitrogens with zero attached hydrogens (tertiary/aromatic N) is 4. The smallest absolute Gasteiger partial charge is 0.243 e. The van der Waals surface area contributed by atoms with E-state index < -0.39 is 0 Å². The van der Waals surface area contributed by atoms with E-state index in [4.69, 9.17) is 4.74 Å². The molecule has 0 spiro atoms. The van der Waals surface area contributed by atoms with Crippen molar-refractivity contribution >= 4 is 11.8 Å². The van der Waals surface area contributed by atoms with Crippen molar-refractivity contribution < 1.29 is 14.3 Å². The summed E-state index contributed by atoms with van der Waals surface area (Å²) >= 11 is 0. The lowest BCUT2D eigenvalue weighted by Gasteiger charge is -2.55. The van der Waals surface area contributed by atoms with E-state index in [0.29, 0.717) is 18.9 Å². The van der Waals surface area contributed by atoms with Crippen LogP contribution in [0.25, 0.3) is 0 Å². The molecule has 0 radical (unpaired) electrons. The first-order valence-corrected chi connectivity index (χ1v) is 11.4. The molecular formula is C22H35N5O3. The number of carbonyl (C=O) groups is 2. The van der Waals surface area contributed by atoms with E-state index in [1.165, 1.54) is 0 Å². The lowest BCUT2D eigenvalue weighted by molar-refractivity contribution is -0.160. The fraction of sp³-hybridized carbons (Fsp3) is 0.773. The highest BCUT2D eigenvalue weighted by molar-refractivity contribution is 5.89. The van der Waals surface area contributed by atoms with Crippen molar-refractivity contribution in [1.82, 2.24) is 24.9 Å². The van der Waals surface area contributed by atoms with Crippen molar-refractivity contribution in [3.05, 3.63) is 17.5 Å². The standard InChI is InChI=1S/C22H35N5O3/c1-4-30-9-8-26-13-16-10-17(14-26)21(27-19(16)6-5-7-20(27)28)22(29)23-11-18-12-25(3)24-15(18)2/h12,16-17,19,21H,4-11,13-14H2,1-3H3,(H,23,29)/t16-,17+,19+,21-/m1/s1. The van der Waals surface area contributed by atoms with Gasteiger partial charge in [-0.2, -0.15) is 5.10 Å². The first kappa shape index (κ1) is 21.3. The number of amides is 2. The highest BCUT2D eigenvalue weighted by Gasteiger charge is 2.51. The van der Waals surface area contributed by atoms with Crippen LogP contribution in [-0.2, 0) is 27.9 Å². The minimum absolute atomic E-state index is 0.0198. The van der Waals surface area contributed by atoms with E-state index in [0.717, 1.165) is 63.4 Å². The van der Waals surface area contributed by atoms with Gasteiger partial charge in [0.25, 0.3) is 0 Å². The third-order valence-electron chi connectivity index (χ3n) is 7.01. The Bertz CT molecular complexity index is 779. The molecule has 1 aromatic rings. The van der Waals surface area contributed by atoms with Gasteiger partial charge >= 0.3 is 0 Å². The van der Waals surface area contributed by atoms with Gasteiger partial charge in [0.1, 0.15) is 6.04 Å². The molecule has 8 heteroatoms. The summed E-state index contributed by atoms with van der Waals surface area (Å²) in [5.74, 6) is 0.771. The molecule has 2 amide bonds. The molecule has 0 saturated carbocycles. The van der Waals surface area contributed by atoms with Crippen LogP contribution in [0.4, 0.5) is 0 Å². The number of fused-ring (bicyclic) bond motifs is 4. The van der Waals surface area contributed by atoms with Crippen LogP contribution in [-0.4, -0.2) is 76.3 Å². The highest BCUT2D eigenvalue weighted by atomic mass is 16.5. The zero-order chi connectivity index (χ0) is 21.3. The second-order valence-corrected chi connectivity index (χ2v) is 9.05. The third-order valence-corrected chi connectivity index (χ3v) is 7.01. The van der Waals surface area contributed by atoms with Crippen molar-refractivity contribution in [3.63, 3.8) is 0 Å². The fourth-order valence-electron chi connectivity index (χ4n) is 5.72. The molecule has 4 heterocycles. The van der Waals surface area contributed by atoms with Gasteiger partial charge in [-0.15, -0.1) is 0 Å². The number of nitrogens with one attached hydrogen (secondary N) is 1. The van der Waals surface area contributed by atoms with Gasteiger partial charge in [0, 0.05) is 70.0 Å². The Labute approximate surface area is 178 Å². The minimum Gasteiger partial charge on any atom is -0.380 e. The summed E-state index contributed by atoms with van der Waals surface area (Å²) < 4.78 is 7.33. The molecule has 4 atom stereocenters. The van der Waals surface area contributed by atoms with Crippen LogP contribution >= 0.6 is 0 Å². The number of carbonyl (C=O) groups excluding carboxylic acids is 2. The third kappa shape index (κ3) is 4.25. The van der Waals surface area contributed by atoms with E-state index in [1.807, 2.05) is 32.0 Å². The van der Waals surface area contributed by atoms with E-state index in [1.54, 1.807) is 4.68 Å². The van der Waals surface area contributed by atoms with Gasteiger partial charge in [-0.3, -0.25) is 14.3 Å². The van der Waals surface area contributed by atoms with Gasteiger partial charge in [0.05, 0.1) is 12.3 Å². The summed E-state index contributed by atoms with van der Waals surface area (Å²) in [6.45, 7) is 8.61. The molecule has 4 rings (SSSR count). The molecule has 8 nitrogen and oxygen atoms in total. The Hall–Kier alpha value is -1.93. The Morgan fingerprint density at radius 3 is 2.87 bits per heavy atom. The maximum atomic E-state index is 13.4. The topological polar surface area (TPSA) is 79.7 Å². The number of aryl methyl sites for hydroxylation is 2. The maximum absolute atomic E-state index is 13.4. The molecule has 0 aliphatic carbocycles. The van der Waals surface area contributed by atoms with Crippen LogP contribution < -0.4 is 5.32 Å². The molecule has 30 heavy (non-hydrogen) atoms. The second kappa shape index (κ2) is 9.06. The van der Waals surface area contributed by atoms with Gasteiger partial charge in [-0.05, 0) is 39.0 Å². The van der Waals surface area contributed by atoms with Crippen molar-refractivity contribution in [3.8, 4) is 0 Å². The average molecular weight is 418 g/mol. The summed E-state index contributed by atoms with van der Waals surface area (Å²) in [4.78, 5) is 30.7. The Balaban J connectivity index is 1.50. The number of rotatable bonds is 7. The van der Waals surface area contributed by atoms with Crippen molar-refractivity contribution in [2.24, 2.45) is 18.9 Å². The molecule has 2 bridgehead atoms. The van der Waals surface area contributed by atoms with Crippen LogP contribution in [0.1, 0.15) is 43.9 Å². The van der Waals surface area contributed by atoms with Gasteiger partial charge < -0.3 is 19.9 Å². The van der Waals surface area contributed by atoms with Crippen LogP contribution in [0.3, 0.4) is 0 Å². The predicted octanol–water partition coefficient (Wildman–Crippen LogP) is 1.08. The number of piperidine rings is 3. The van der Waals surface area contributed by atoms with Gasteiger partial charge in [-0.1, -0.05) is 0 Å². The Morgan fingerprint density at radius 2 is 2.13 bits per heavy atom. The molecule has 3 aliphatic rings. The van der Waals surface area contributed by atoms with E-state index >= 15 is 0 Å². The van der Waals surface area contributed by atoms with Crippen molar-refractivity contribution in [2.45, 2.75) is 58.2 Å². The number of aromatic nitrogens is 2. The minimum atomic E-state index is -0.370. The van der Waals surface area contributed by atoms with Crippen molar-refractivity contribution in [2.75, 3.05) is 32.8 Å². The number of likely N-dealkylation sites (tertiary alicyclic amines) is 1. The largest absolute Gasteiger partial charge is 0.380 e. The number of ether oxygens (including phenoxy) is 1.